The molecule has 4 heteroatoms. The van der Waals surface area contributed by atoms with Gasteiger partial charge in [0.2, 0.25) is 0 Å². The Hall–Kier alpha value is -1.26. The molecular formula is C13H17N3S. The van der Waals surface area contributed by atoms with Gasteiger partial charge >= 0.3 is 0 Å². The molecule has 0 radical (unpaired) electrons. The standard InChI is InChI=1S/C13H17N3S/c1-3-6-15-10(2)12-9-16-13(17-12)11-5-4-7-14-8-11/h4-5,7-10,15H,3,6H2,1-2H3. The molecule has 1 atom stereocenters. The third-order valence-electron chi connectivity index (χ3n) is 2.56. The van der Waals surface area contributed by atoms with E-state index in [0.29, 0.717) is 6.04 Å². The van der Waals surface area contributed by atoms with Crippen molar-refractivity contribution < 1.29 is 0 Å². The molecule has 0 saturated carbocycles. The maximum atomic E-state index is 4.45. The normalized spacial score (nSPS) is 12.6. The van der Waals surface area contributed by atoms with E-state index in [2.05, 4.69) is 29.1 Å². The highest BCUT2D eigenvalue weighted by Crippen LogP contribution is 2.27. The van der Waals surface area contributed by atoms with E-state index in [9.17, 15) is 0 Å². The van der Waals surface area contributed by atoms with Crippen LogP contribution in [0.2, 0.25) is 0 Å². The average Bonchev–Trinajstić information content (AvgIpc) is 2.86. The number of hydrogen-bond acceptors (Lipinski definition) is 4. The third kappa shape index (κ3) is 3.11. The first-order chi connectivity index (χ1) is 8.31. The van der Waals surface area contributed by atoms with Gasteiger partial charge in [-0.15, -0.1) is 11.3 Å². The van der Waals surface area contributed by atoms with Crippen molar-refractivity contribution in [1.82, 2.24) is 15.3 Å². The maximum Gasteiger partial charge on any atom is 0.125 e. The molecule has 3 nitrogen and oxygen atoms in total. The van der Waals surface area contributed by atoms with Gasteiger partial charge in [-0.05, 0) is 32.0 Å². The summed E-state index contributed by atoms with van der Waals surface area (Å²) in [4.78, 5) is 9.85. The van der Waals surface area contributed by atoms with Crippen molar-refractivity contribution in [3.05, 3.63) is 35.6 Å². The lowest BCUT2D eigenvalue weighted by atomic mass is 10.3. The molecule has 2 rings (SSSR count). The summed E-state index contributed by atoms with van der Waals surface area (Å²) in [6.45, 7) is 5.39. The van der Waals surface area contributed by atoms with E-state index < -0.39 is 0 Å². The highest BCUT2D eigenvalue weighted by molar-refractivity contribution is 7.15. The molecule has 0 aromatic carbocycles. The van der Waals surface area contributed by atoms with Gasteiger partial charge < -0.3 is 5.32 Å². The number of nitrogens with zero attached hydrogens (tertiary/aromatic N) is 2. The fourth-order valence-corrected chi connectivity index (χ4v) is 2.50. The monoisotopic (exact) mass is 247 g/mol. The minimum atomic E-state index is 0.373. The predicted octanol–water partition coefficient (Wildman–Crippen LogP) is 3.27. The largest absolute Gasteiger partial charge is 0.309 e. The van der Waals surface area contributed by atoms with Crippen LogP contribution in [0.5, 0.6) is 0 Å². The number of pyridine rings is 1. The molecule has 0 spiro atoms. The molecule has 90 valence electrons. The quantitative estimate of drug-likeness (QED) is 0.881. The van der Waals surface area contributed by atoms with Crippen LogP contribution >= 0.6 is 11.3 Å². The first-order valence-corrected chi connectivity index (χ1v) is 6.72. The van der Waals surface area contributed by atoms with Crippen molar-refractivity contribution in [2.75, 3.05) is 6.54 Å². The lowest BCUT2D eigenvalue weighted by Crippen LogP contribution is -2.18. The van der Waals surface area contributed by atoms with Crippen LogP contribution < -0.4 is 5.32 Å². The van der Waals surface area contributed by atoms with Crippen LogP contribution in [0.4, 0.5) is 0 Å². The van der Waals surface area contributed by atoms with Crippen LogP contribution in [0.15, 0.2) is 30.7 Å². The highest BCUT2D eigenvalue weighted by Gasteiger charge is 2.10. The van der Waals surface area contributed by atoms with Gasteiger partial charge in [-0.1, -0.05) is 6.92 Å². The Labute approximate surface area is 106 Å². The van der Waals surface area contributed by atoms with E-state index in [0.717, 1.165) is 23.5 Å². The van der Waals surface area contributed by atoms with Crippen molar-refractivity contribution >= 4 is 11.3 Å². The van der Waals surface area contributed by atoms with Crippen molar-refractivity contribution in [2.45, 2.75) is 26.3 Å². The predicted molar refractivity (Wildman–Crippen MR) is 72.1 cm³/mol. The van der Waals surface area contributed by atoms with Crippen LogP contribution in [-0.2, 0) is 0 Å². The van der Waals surface area contributed by atoms with Crippen molar-refractivity contribution in [1.29, 1.82) is 0 Å². The zero-order valence-corrected chi connectivity index (χ0v) is 11.0. The first kappa shape index (κ1) is 12.2. The van der Waals surface area contributed by atoms with E-state index in [1.807, 2.05) is 24.5 Å². The fourth-order valence-electron chi connectivity index (χ4n) is 1.57. The smallest absolute Gasteiger partial charge is 0.125 e. The summed E-state index contributed by atoms with van der Waals surface area (Å²) in [6, 6.07) is 4.35. The van der Waals surface area contributed by atoms with Gasteiger partial charge in [0.25, 0.3) is 0 Å². The summed E-state index contributed by atoms with van der Waals surface area (Å²) in [7, 11) is 0. The molecule has 17 heavy (non-hydrogen) atoms. The summed E-state index contributed by atoms with van der Waals surface area (Å²) in [5, 5.41) is 4.51. The Morgan fingerprint density at radius 2 is 2.29 bits per heavy atom. The van der Waals surface area contributed by atoms with Crippen molar-refractivity contribution in [3.63, 3.8) is 0 Å². The molecule has 1 unspecified atom stereocenters. The van der Waals surface area contributed by atoms with Crippen LogP contribution in [0, 0.1) is 0 Å². The fraction of sp³-hybridized carbons (Fsp3) is 0.385. The molecule has 0 bridgehead atoms. The van der Waals surface area contributed by atoms with E-state index in [4.69, 9.17) is 0 Å². The van der Waals surface area contributed by atoms with Gasteiger partial charge in [0.1, 0.15) is 5.01 Å². The Kier molecular flexibility index (Phi) is 4.23. The zero-order valence-electron chi connectivity index (χ0n) is 10.2. The first-order valence-electron chi connectivity index (χ1n) is 5.90. The van der Waals surface area contributed by atoms with Gasteiger partial charge in [-0.2, -0.15) is 0 Å². The second kappa shape index (κ2) is 5.89. The van der Waals surface area contributed by atoms with Crippen LogP contribution in [-0.4, -0.2) is 16.5 Å². The molecule has 2 heterocycles. The Balaban J connectivity index is 2.11. The van der Waals surface area contributed by atoms with E-state index in [1.165, 1.54) is 4.88 Å². The van der Waals surface area contributed by atoms with Gasteiger partial charge in [0.15, 0.2) is 0 Å². The Bertz CT molecular complexity index is 453. The van der Waals surface area contributed by atoms with E-state index in [-0.39, 0.29) is 0 Å². The minimum Gasteiger partial charge on any atom is -0.309 e. The molecule has 0 amide bonds. The summed E-state index contributed by atoms with van der Waals surface area (Å²) in [5.41, 5.74) is 1.09. The second-order valence-corrected chi connectivity index (χ2v) is 5.05. The molecule has 1 N–H and O–H groups in total. The Morgan fingerprint density at radius 3 is 3.00 bits per heavy atom. The topological polar surface area (TPSA) is 37.8 Å². The molecule has 0 aliphatic carbocycles. The number of aromatic nitrogens is 2. The number of hydrogen-bond donors (Lipinski definition) is 1. The highest BCUT2D eigenvalue weighted by atomic mass is 32.1. The summed E-state index contributed by atoms with van der Waals surface area (Å²) in [6.07, 6.45) is 6.75. The molecule has 0 aliphatic rings. The summed E-state index contributed by atoms with van der Waals surface area (Å²) < 4.78 is 0. The molecule has 2 aromatic heterocycles. The van der Waals surface area contributed by atoms with Crippen LogP contribution in [0.25, 0.3) is 10.6 Å². The zero-order chi connectivity index (χ0) is 12.1. The maximum absolute atomic E-state index is 4.45. The number of thiazole rings is 1. The number of nitrogens with one attached hydrogen (secondary N) is 1. The molecule has 2 aromatic rings. The lowest BCUT2D eigenvalue weighted by Gasteiger charge is -2.09. The molecular weight excluding hydrogens is 230 g/mol. The van der Waals surface area contributed by atoms with Crippen LogP contribution in [0.3, 0.4) is 0 Å². The van der Waals surface area contributed by atoms with Gasteiger partial charge in [-0.25, -0.2) is 4.98 Å². The lowest BCUT2D eigenvalue weighted by molar-refractivity contribution is 0.577. The average molecular weight is 247 g/mol. The van der Waals surface area contributed by atoms with E-state index >= 15 is 0 Å². The van der Waals surface area contributed by atoms with Gasteiger partial charge in [0, 0.05) is 35.1 Å². The van der Waals surface area contributed by atoms with Crippen LogP contribution in [0.1, 0.15) is 31.2 Å². The van der Waals surface area contributed by atoms with Gasteiger partial charge in [-0.3, -0.25) is 4.98 Å². The van der Waals surface area contributed by atoms with Crippen molar-refractivity contribution in [3.8, 4) is 10.6 Å². The van der Waals surface area contributed by atoms with E-state index in [1.54, 1.807) is 17.5 Å². The summed E-state index contributed by atoms with van der Waals surface area (Å²) in [5.74, 6) is 0. The molecule has 0 fully saturated rings. The van der Waals surface area contributed by atoms with Gasteiger partial charge in [0.05, 0.1) is 0 Å². The Morgan fingerprint density at radius 1 is 1.41 bits per heavy atom. The number of rotatable bonds is 5. The second-order valence-electron chi connectivity index (χ2n) is 3.99. The SMILES string of the molecule is CCCNC(C)c1cnc(-c2cccnc2)s1. The molecule has 0 aliphatic heterocycles. The third-order valence-corrected chi connectivity index (χ3v) is 3.79. The van der Waals surface area contributed by atoms with Crippen molar-refractivity contribution in [2.24, 2.45) is 0 Å². The minimum absolute atomic E-state index is 0.373. The molecule has 0 saturated heterocycles. The summed E-state index contributed by atoms with van der Waals surface area (Å²) >= 11 is 1.73.